The summed E-state index contributed by atoms with van der Waals surface area (Å²) < 4.78 is 0. The van der Waals surface area contributed by atoms with Crippen LogP contribution in [0.5, 0.6) is 0 Å². The van der Waals surface area contributed by atoms with Crippen LogP contribution in [0.2, 0.25) is 0 Å². The van der Waals surface area contributed by atoms with E-state index in [0.717, 1.165) is 18.1 Å². The van der Waals surface area contributed by atoms with E-state index in [4.69, 9.17) is 10.8 Å². The van der Waals surface area contributed by atoms with Crippen LogP contribution in [0.15, 0.2) is 0 Å². The monoisotopic (exact) mass is 259 g/mol. The Hall–Kier alpha value is -0.220. The zero-order chi connectivity index (χ0) is 12.7. The Morgan fingerprint density at radius 1 is 1.47 bits per heavy atom. The minimum absolute atomic E-state index is 0.510. The predicted molar refractivity (Wildman–Crippen MR) is 73.4 cm³/mol. The maximum Gasteiger partial charge on any atom is 0.323 e. The molecule has 0 aromatic carbocycles. The molecule has 1 aliphatic rings. The summed E-state index contributed by atoms with van der Waals surface area (Å²) in [5.41, 5.74) is 4.83. The molecule has 1 atom stereocenters. The fraction of sp³-hybridized carbons (Fsp3) is 0.923. The molecular weight excluding hydrogens is 234 g/mol. The summed E-state index contributed by atoms with van der Waals surface area (Å²) in [6.45, 7) is 1.85. The molecule has 0 amide bonds. The van der Waals surface area contributed by atoms with Gasteiger partial charge in [0.25, 0.3) is 0 Å². The van der Waals surface area contributed by atoms with Crippen LogP contribution in [0.3, 0.4) is 0 Å². The third-order valence-corrected chi connectivity index (χ3v) is 5.08. The molecule has 1 unspecified atom stereocenters. The summed E-state index contributed by atoms with van der Waals surface area (Å²) >= 11 is 1.96. The topological polar surface area (TPSA) is 63.3 Å². The first-order valence-electron chi connectivity index (χ1n) is 6.68. The normalized spacial score (nSPS) is 20.4. The summed E-state index contributed by atoms with van der Waals surface area (Å²) in [4.78, 5) is 11.0. The average Bonchev–Trinajstić information content (AvgIpc) is 2.81. The molecule has 1 saturated carbocycles. The maximum atomic E-state index is 11.0. The number of aliphatic carboxylic acids is 1. The summed E-state index contributed by atoms with van der Waals surface area (Å²) in [5.74, 6) is 2.34. The van der Waals surface area contributed by atoms with Crippen molar-refractivity contribution in [2.24, 2.45) is 11.7 Å². The molecule has 0 radical (unpaired) electrons. The molecule has 100 valence electrons. The second-order valence-electron chi connectivity index (χ2n) is 5.14. The number of hydrogen-bond acceptors (Lipinski definition) is 3. The molecule has 1 aliphatic carbocycles. The van der Waals surface area contributed by atoms with E-state index in [1.54, 1.807) is 0 Å². The summed E-state index contributed by atoms with van der Waals surface area (Å²) in [7, 11) is 0. The zero-order valence-electron chi connectivity index (χ0n) is 10.8. The van der Waals surface area contributed by atoms with Crippen LogP contribution in [0.4, 0.5) is 0 Å². The number of carboxylic acid groups (broad SMARTS) is 1. The molecule has 1 rings (SSSR count). The summed E-state index contributed by atoms with van der Waals surface area (Å²) in [6.07, 6.45) is 7.58. The number of carbonyl (C=O) groups is 1. The van der Waals surface area contributed by atoms with Crippen molar-refractivity contribution in [2.75, 3.05) is 11.5 Å². The number of nitrogens with two attached hydrogens (primary N) is 1. The fourth-order valence-corrected chi connectivity index (χ4v) is 3.53. The van der Waals surface area contributed by atoms with Gasteiger partial charge in [0.2, 0.25) is 0 Å². The lowest BCUT2D eigenvalue weighted by Crippen LogP contribution is -2.47. The smallest absolute Gasteiger partial charge is 0.323 e. The highest BCUT2D eigenvalue weighted by atomic mass is 32.2. The van der Waals surface area contributed by atoms with Gasteiger partial charge in [-0.3, -0.25) is 4.79 Å². The van der Waals surface area contributed by atoms with Gasteiger partial charge in [-0.1, -0.05) is 19.8 Å². The number of rotatable bonds is 8. The quantitative estimate of drug-likeness (QED) is 0.658. The van der Waals surface area contributed by atoms with Gasteiger partial charge in [0.1, 0.15) is 5.54 Å². The molecule has 0 bridgehead atoms. The lowest BCUT2D eigenvalue weighted by atomic mass is 9.92. The van der Waals surface area contributed by atoms with Crippen LogP contribution in [0.1, 0.15) is 51.9 Å². The van der Waals surface area contributed by atoms with Crippen LogP contribution in [-0.4, -0.2) is 28.1 Å². The Morgan fingerprint density at radius 2 is 2.12 bits per heavy atom. The van der Waals surface area contributed by atoms with Crippen LogP contribution in [0.25, 0.3) is 0 Å². The predicted octanol–water partition coefficient (Wildman–Crippen LogP) is 2.88. The molecule has 0 aromatic rings. The zero-order valence-corrected chi connectivity index (χ0v) is 11.6. The first-order chi connectivity index (χ1) is 8.08. The largest absolute Gasteiger partial charge is 0.480 e. The van der Waals surface area contributed by atoms with Gasteiger partial charge in [0.05, 0.1) is 0 Å². The third kappa shape index (κ3) is 4.88. The SMILES string of the molecule is CCC(N)(CCCSCC1CCCC1)C(=O)O. The van der Waals surface area contributed by atoms with E-state index in [9.17, 15) is 4.79 Å². The molecule has 0 spiro atoms. The highest BCUT2D eigenvalue weighted by Gasteiger charge is 2.30. The van der Waals surface area contributed by atoms with Crippen LogP contribution >= 0.6 is 11.8 Å². The minimum atomic E-state index is -1.01. The third-order valence-electron chi connectivity index (χ3n) is 3.80. The van der Waals surface area contributed by atoms with Gasteiger partial charge in [0.15, 0.2) is 0 Å². The van der Waals surface area contributed by atoms with Crippen molar-refractivity contribution < 1.29 is 9.90 Å². The van der Waals surface area contributed by atoms with Crippen LogP contribution < -0.4 is 5.73 Å². The van der Waals surface area contributed by atoms with E-state index in [2.05, 4.69) is 0 Å². The van der Waals surface area contributed by atoms with Gasteiger partial charge in [0, 0.05) is 0 Å². The van der Waals surface area contributed by atoms with Crippen molar-refractivity contribution >= 4 is 17.7 Å². The van der Waals surface area contributed by atoms with Gasteiger partial charge in [-0.05, 0) is 49.5 Å². The number of hydrogen-bond donors (Lipinski definition) is 2. The number of carboxylic acids is 1. The summed E-state index contributed by atoms with van der Waals surface area (Å²) in [6, 6.07) is 0. The standard InChI is InChI=1S/C13H25NO2S/c1-2-13(14,12(15)16)8-5-9-17-10-11-6-3-4-7-11/h11H,2-10,14H2,1H3,(H,15,16). The second-order valence-corrected chi connectivity index (χ2v) is 6.29. The molecule has 0 saturated heterocycles. The molecule has 0 aliphatic heterocycles. The van der Waals surface area contributed by atoms with E-state index in [-0.39, 0.29) is 0 Å². The van der Waals surface area contributed by atoms with Gasteiger partial charge >= 0.3 is 5.97 Å². The van der Waals surface area contributed by atoms with Crippen LogP contribution in [0, 0.1) is 5.92 Å². The van der Waals surface area contributed by atoms with Crippen molar-refractivity contribution in [1.82, 2.24) is 0 Å². The van der Waals surface area contributed by atoms with Gasteiger partial charge in [-0.25, -0.2) is 0 Å². The van der Waals surface area contributed by atoms with E-state index in [1.165, 1.54) is 31.4 Å². The molecule has 4 heteroatoms. The highest BCUT2D eigenvalue weighted by molar-refractivity contribution is 7.99. The molecule has 3 nitrogen and oxygen atoms in total. The van der Waals surface area contributed by atoms with E-state index < -0.39 is 11.5 Å². The lowest BCUT2D eigenvalue weighted by molar-refractivity contribution is -0.143. The molecule has 1 fully saturated rings. The fourth-order valence-electron chi connectivity index (χ4n) is 2.35. The Kier molecular flexibility index (Phi) is 6.34. The Balaban J connectivity index is 2.08. The minimum Gasteiger partial charge on any atom is -0.480 e. The highest BCUT2D eigenvalue weighted by Crippen LogP contribution is 2.28. The average molecular weight is 259 g/mol. The molecule has 0 heterocycles. The number of thioether (sulfide) groups is 1. The van der Waals surface area contributed by atoms with Gasteiger partial charge in [-0.2, -0.15) is 11.8 Å². The molecule has 17 heavy (non-hydrogen) atoms. The van der Waals surface area contributed by atoms with E-state index in [0.29, 0.717) is 12.8 Å². The second kappa shape index (κ2) is 7.27. The van der Waals surface area contributed by atoms with Crippen molar-refractivity contribution in [2.45, 2.75) is 57.4 Å². The first-order valence-corrected chi connectivity index (χ1v) is 7.84. The Labute approximate surface area is 109 Å². The van der Waals surface area contributed by atoms with Crippen LogP contribution in [-0.2, 0) is 4.79 Å². The van der Waals surface area contributed by atoms with Crippen molar-refractivity contribution in [1.29, 1.82) is 0 Å². The molecule has 0 aromatic heterocycles. The van der Waals surface area contributed by atoms with Gasteiger partial charge in [-0.15, -0.1) is 0 Å². The molecule has 3 N–H and O–H groups in total. The van der Waals surface area contributed by atoms with Gasteiger partial charge < -0.3 is 10.8 Å². The maximum absolute atomic E-state index is 11.0. The van der Waals surface area contributed by atoms with Crippen molar-refractivity contribution in [3.8, 4) is 0 Å². The first kappa shape index (κ1) is 14.8. The Morgan fingerprint density at radius 3 is 2.65 bits per heavy atom. The summed E-state index contributed by atoms with van der Waals surface area (Å²) in [5, 5.41) is 9.03. The van der Waals surface area contributed by atoms with E-state index in [1.807, 2.05) is 18.7 Å². The lowest BCUT2D eigenvalue weighted by Gasteiger charge is -2.22. The van der Waals surface area contributed by atoms with Crippen molar-refractivity contribution in [3.63, 3.8) is 0 Å². The van der Waals surface area contributed by atoms with Crippen molar-refractivity contribution in [3.05, 3.63) is 0 Å². The Bertz CT molecular complexity index is 242. The van der Waals surface area contributed by atoms with E-state index >= 15 is 0 Å². The molecular formula is C13H25NO2S.